The smallest absolute Gasteiger partial charge is 0.250 e. The lowest BCUT2D eigenvalue weighted by molar-refractivity contribution is 0.294. The number of hydrogen-bond donors (Lipinski definition) is 0. The summed E-state index contributed by atoms with van der Waals surface area (Å²) in [7, 11) is 0. The van der Waals surface area contributed by atoms with Crippen molar-refractivity contribution in [3.63, 3.8) is 0 Å². The lowest BCUT2D eigenvalue weighted by atomic mass is 10.2. The van der Waals surface area contributed by atoms with Crippen LogP contribution in [0.3, 0.4) is 0 Å². The predicted molar refractivity (Wildman–Crippen MR) is 82.4 cm³/mol. The van der Waals surface area contributed by atoms with E-state index in [0.717, 1.165) is 29.5 Å². The Morgan fingerprint density at radius 2 is 1.90 bits per heavy atom. The van der Waals surface area contributed by atoms with Crippen molar-refractivity contribution in [2.45, 2.75) is 25.8 Å². The highest BCUT2D eigenvalue weighted by molar-refractivity contribution is 9.10. The minimum Gasteiger partial charge on any atom is -0.492 e. The molecule has 0 spiro atoms. The fourth-order valence-corrected chi connectivity index (χ4v) is 2.93. The van der Waals surface area contributed by atoms with Gasteiger partial charge in [0.05, 0.1) is 6.54 Å². The van der Waals surface area contributed by atoms with E-state index in [2.05, 4.69) is 15.9 Å². The summed E-state index contributed by atoms with van der Waals surface area (Å²) in [6, 6.07) is 11.4. The van der Waals surface area contributed by atoms with E-state index in [1.54, 1.807) is 6.07 Å². The van der Waals surface area contributed by atoms with E-state index in [0.29, 0.717) is 13.2 Å². The Kier molecular flexibility index (Phi) is 3.92. The summed E-state index contributed by atoms with van der Waals surface area (Å²) in [5.74, 6) is 0.828. The molecule has 0 radical (unpaired) electrons. The first-order valence-electron chi connectivity index (χ1n) is 6.84. The molecule has 0 fully saturated rings. The number of benzene rings is 1. The lowest BCUT2D eigenvalue weighted by Gasteiger charge is -2.12. The highest BCUT2D eigenvalue weighted by Gasteiger charge is 2.15. The van der Waals surface area contributed by atoms with Crippen molar-refractivity contribution in [3.8, 4) is 5.75 Å². The second-order valence-corrected chi connectivity index (χ2v) is 5.87. The van der Waals surface area contributed by atoms with E-state index < -0.39 is 0 Å². The molecule has 1 heterocycles. The van der Waals surface area contributed by atoms with Gasteiger partial charge in [0.25, 0.3) is 5.56 Å². The molecule has 3 rings (SSSR count). The van der Waals surface area contributed by atoms with Crippen LogP contribution >= 0.6 is 15.9 Å². The molecule has 20 heavy (non-hydrogen) atoms. The first-order valence-corrected chi connectivity index (χ1v) is 7.63. The van der Waals surface area contributed by atoms with Gasteiger partial charge >= 0.3 is 0 Å². The standard InChI is InChI=1S/C16H16BrNO2/c17-13-5-7-14(8-6-13)20-11-10-18-15-3-1-2-12(15)4-9-16(18)19/h4-9H,1-3,10-11H2. The summed E-state index contributed by atoms with van der Waals surface area (Å²) in [6.45, 7) is 1.12. The van der Waals surface area contributed by atoms with Gasteiger partial charge in [-0.05, 0) is 49.1 Å². The maximum absolute atomic E-state index is 12.0. The zero-order valence-electron chi connectivity index (χ0n) is 11.1. The van der Waals surface area contributed by atoms with Crippen LogP contribution in [0.1, 0.15) is 17.7 Å². The third kappa shape index (κ3) is 2.80. The van der Waals surface area contributed by atoms with Crippen LogP contribution in [0.5, 0.6) is 5.75 Å². The van der Waals surface area contributed by atoms with Crippen LogP contribution in [0.15, 0.2) is 45.7 Å². The van der Waals surface area contributed by atoms with Crippen LogP contribution < -0.4 is 10.3 Å². The van der Waals surface area contributed by atoms with Gasteiger partial charge in [-0.2, -0.15) is 0 Å². The predicted octanol–water partition coefficient (Wildman–Crippen LogP) is 3.18. The van der Waals surface area contributed by atoms with Gasteiger partial charge < -0.3 is 9.30 Å². The van der Waals surface area contributed by atoms with E-state index in [9.17, 15) is 4.79 Å². The molecule has 0 bridgehead atoms. The van der Waals surface area contributed by atoms with E-state index in [1.807, 2.05) is 34.9 Å². The monoisotopic (exact) mass is 333 g/mol. The zero-order valence-corrected chi connectivity index (χ0v) is 12.7. The normalized spacial score (nSPS) is 13.2. The van der Waals surface area contributed by atoms with Gasteiger partial charge in [-0.25, -0.2) is 0 Å². The molecule has 2 aromatic rings. The van der Waals surface area contributed by atoms with Crippen molar-refractivity contribution in [2.24, 2.45) is 0 Å². The Bertz CT molecular complexity index is 661. The summed E-state index contributed by atoms with van der Waals surface area (Å²) in [5.41, 5.74) is 2.58. The molecule has 0 saturated heterocycles. The first-order chi connectivity index (χ1) is 9.74. The number of halogens is 1. The Labute approximate surface area is 126 Å². The maximum Gasteiger partial charge on any atom is 0.250 e. The molecule has 0 N–H and O–H groups in total. The van der Waals surface area contributed by atoms with Gasteiger partial charge in [-0.3, -0.25) is 4.79 Å². The molecule has 3 nitrogen and oxygen atoms in total. The van der Waals surface area contributed by atoms with Crippen LogP contribution in [-0.4, -0.2) is 11.2 Å². The molecular weight excluding hydrogens is 318 g/mol. The quantitative estimate of drug-likeness (QED) is 0.860. The first kappa shape index (κ1) is 13.4. The number of nitrogens with zero attached hydrogens (tertiary/aromatic N) is 1. The second-order valence-electron chi connectivity index (χ2n) is 4.95. The van der Waals surface area contributed by atoms with Crippen molar-refractivity contribution in [1.29, 1.82) is 0 Å². The highest BCUT2D eigenvalue weighted by Crippen LogP contribution is 2.20. The van der Waals surface area contributed by atoms with Gasteiger partial charge in [-0.15, -0.1) is 0 Å². The molecule has 0 saturated carbocycles. The molecule has 0 amide bonds. The molecule has 4 heteroatoms. The molecule has 1 aliphatic carbocycles. The SMILES string of the molecule is O=c1ccc2c(n1CCOc1ccc(Br)cc1)CCC2. The average Bonchev–Trinajstić information content (AvgIpc) is 2.92. The summed E-state index contributed by atoms with van der Waals surface area (Å²) >= 11 is 3.39. The number of aromatic nitrogens is 1. The average molecular weight is 334 g/mol. The Hall–Kier alpha value is -1.55. The summed E-state index contributed by atoms with van der Waals surface area (Å²) in [6.07, 6.45) is 3.24. The minimum atomic E-state index is 0.0741. The lowest BCUT2D eigenvalue weighted by Crippen LogP contribution is -2.25. The van der Waals surface area contributed by atoms with Crippen LogP contribution in [0.25, 0.3) is 0 Å². The Morgan fingerprint density at radius 1 is 1.10 bits per heavy atom. The van der Waals surface area contributed by atoms with E-state index >= 15 is 0 Å². The molecule has 1 aromatic carbocycles. The zero-order chi connectivity index (χ0) is 13.9. The van der Waals surface area contributed by atoms with E-state index in [-0.39, 0.29) is 5.56 Å². The number of ether oxygens (including phenoxy) is 1. The van der Waals surface area contributed by atoms with Crippen LogP contribution in [0, 0.1) is 0 Å². The van der Waals surface area contributed by atoms with Gasteiger partial charge in [0.15, 0.2) is 0 Å². The topological polar surface area (TPSA) is 31.2 Å². The van der Waals surface area contributed by atoms with Crippen molar-refractivity contribution in [1.82, 2.24) is 4.57 Å². The van der Waals surface area contributed by atoms with Gasteiger partial charge in [0, 0.05) is 16.2 Å². The third-order valence-corrected chi connectivity index (χ3v) is 4.18. The molecule has 1 aromatic heterocycles. The minimum absolute atomic E-state index is 0.0741. The fraction of sp³-hybridized carbons (Fsp3) is 0.312. The van der Waals surface area contributed by atoms with Crippen LogP contribution in [0.2, 0.25) is 0 Å². The fourth-order valence-electron chi connectivity index (χ4n) is 2.66. The van der Waals surface area contributed by atoms with Gasteiger partial charge in [-0.1, -0.05) is 22.0 Å². The molecule has 104 valence electrons. The number of fused-ring (bicyclic) bond motifs is 1. The van der Waals surface area contributed by atoms with Gasteiger partial charge in [0.2, 0.25) is 0 Å². The van der Waals surface area contributed by atoms with E-state index in [4.69, 9.17) is 4.74 Å². The summed E-state index contributed by atoms with van der Waals surface area (Å²) in [5, 5.41) is 0. The van der Waals surface area contributed by atoms with Crippen molar-refractivity contribution in [2.75, 3.05) is 6.61 Å². The highest BCUT2D eigenvalue weighted by atomic mass is 79.9. The molecule has 0 aliphatic heterocycles. The van der Waals surface area contributed by atoms with Crippen molar-refractivity contribution >= 4 is 15.9 Å². The number of pyridine rings is 1. The molecular formula is C16H16BrNO2. The number of hydrogen-bond acceptors (Lipinski definition) is 2. The van der Waals surface area contributed by atoms with Crippen LogP contribution in [-0.2, 0) is 19.4 Å². The van der Waals surface area contributed by atoms with Crippen molar-refractivity contribution < 1.29 is 4.74 Å². The summed E-state index contributed by atoms with van der Waals surface area (Å²) in [4.78, 5) is 12.0. The van der Waals surface area contributed by atoms with E-state index in [1.165, 1.54) is 11.3 Å². The Balaban J connectivity index is 1.69. The third-order valence-electron chi connectivity index (χ3n) is 3.65. The molecule has 0 atom stereocenters. The van der Waals surface area contributed by atoms with Crippen LogP contribution in [0.4, 0.5) is 0 Å². The maximum atomic E-state index is 12.0. The molecule has 0 unspecified atom stereocenters. The number of rotatable bonds is 4. The summed E-state index contributed by atoms with van der Waals surface area (Å²) < 4.78 is 8.59. The van der Waals surface area contributed by atoms with Crippen molar-refractivity contribution in [3.05, 3.63) is 62.5 Å². The number of aryl methyl sites for hydroxylation is 1. The van der Waals surface area contributed by atoms with Gasteiger partial charge in [0.1, 0.15) is 12.4 Å². The second kappa shape index (κ2) is 5.83. The molecule has 1 aliphatic rings. The largest absolute Gasteiger partial charge is 0.492 e. The Morgan fingerprint density at radius 3 is 2.70 bits per heavy atom.